The SMILES string of the molecule is OC12CCCO[C@@H]1[C@H](OCc1ccccc1)[C@H]1OCCC[C@@H]1O2. The summed E-state index contributed by atoms with van der Waals surface area (Å²) in [5.41, 5.74) is 1.10. The fraction of sp³-hybridized carbons (Fsp3) is 0.667. The highest BCUT2D eigenvalue weighted by molar-refractivity contribution is 5.13. The lowest BCUT2D eigenvalue weighted by Gasteiger charge is -2.53. The van der Waals surface area contributed by atoms with Crippen LogP contribution in [0, 0.1) is 0 Å². The minimum absolute atomic E-state index is 0.118. The van der Waals surface area contributed by atoms with Crippen molar-refractivity contribution in [2.75, 3.05) is 13.2 Å². The second kappa shape index (κ2) is 6.49. The number of rotatable bonds is 3. The summed E-state index contributed by atoms with van der Waals surface area (Å²) in [5.74, 6) is -1.25. The van der Waals surface area contributed by atoms with Crippen molar-refractivity contribution < 1.29 is 24.1 Å². The fourth-order valence-electron chi connectivity index (χ4n) is 3.88. The molecule has 3 fully saturated rings. The zero-order valence-corrected chi connectivity index (χ0v) is 13.2. The van der Waals surface area contributed by atoms with Gasteiger partial charge in [0.1, 0.15) is 18.3 Å². The van der Waals surface area contributed by atoms with Crippen molar-refractivity contribution in [2.45, 2.75) is 62.5 Å². The van der Waals surface area contributed by atoms with Gasteiger partial charge in [-0.05, 0) is 24.8 Å². The molecule has 1 unspecified atom stereocenters. The molecule has 3 aliphatic heterocycles. The van der Waals surface area contributed by atoms with Crippen LogP contribution >= 0.6 is 0 Å². The molecule has 0 spiro atoms. The van der Waals surface area contributed by atoms with Gasteiger partial charge in [0.05, 0.1) is 12.7 Å². The van der Waals surface area contributed by atoms with Crippen LogP contribution in [0.3, 0.4) is 0 Å². The molecule has 126 valence electrons. The monoisotopic (exact) mass is 320 g/mol. The Balaban J connectivity index is 1.54. The Morgan fingerprint density at radius 2 is 1.96 bits per heavy atom. The Labute approximate surface area is 136 Å². The zero-order chi connectivity index (χ0) is 15.7. The predicted octanol–water partition coefficient (Wildman–Crippen LogP) is 2.02. The van der Waals surface area contributed by atoms with Gasteiger partial charge in [0.15, 0.2) is 5.79 Å². The first-order valence-electron chi connectivity index (χ1n) is 8.55. The van der Waals surface area contributed by atoms with E-state index in [2.05, 4.69) is 0 Å². The Kier molecular flexibility index (Phi) is 4.39. The molecule has 5 atom stereocenters. The molecule has 1 aromatic rings. The van der Waals surface area contributed by atoms with Crippen LogP contribution in [-0.2, 0) is 25.6 Å². The van der Waals surface area contributed by atoms with Gasteiger partial charge in [-0.2, -0.15) is 0 Å². The normalized spacial score (nSPS) is 40.2. The Morgan fingerprint density at radius 3 is 2.83 bits per heavy atom. The maximum absolute atomic E-state index is 10.9. The quantitative estimate of drug-likeness (QED) is 0.923. The molecular weight excluding hydrogens is 296 g/mol. The summed E-state index contributed by atoms with van der Waals surface area (Å²) in [5, 5.41) is 10.9. The largest absolute Gasteiger partial charge is 0.373 e. The van der Waals surface area contributed by atoms with Crippen LogP contribution in [0.25, 0.3) is 0 Å². The first kappa shape index (κ1) is 15.5. The maximum atomic E-state index is 10.9. The summed E-state index contributed by atoms with van der Waals surface area (Å²) in [7, 11) is 0. The van der Waals surface area contributed by atoms with Gasteiger partial charge in [0.25, 0.3) is 0 Å². The summed E-state index contributed by atoms with van der Waals surface area (Å²) in [4.78, 5) is 0. The Bertz CT molecular complexity index is 521. The van der Waals surface area contributed by atoms with Gasteiger partial charge in [-0.1, -0.05) is 30.3 Å². The third-order valence-corrected chi connectivity index (χ3v) is 4.99. The van der Waals surface area contributed by atoms with Gasteiger partial charge in [-0.3, -0.25) is 0 Å². The van der Waals surface area contributed by atoms with Crippen molar-refractivity contribution >= 4 is 0 Å². The van der Waals surface area contributed by atoms with E-state index < -0.39 is 11.9 Å². The molecule has 3 aliphatic rings. The molecule has 1 N–H and O–H groups in total. The van der Waals surface area contributed by atoms with E-state index in [-0.39, 0.29) is 18.3 Å². The lowest BCUT2D eigenvalue weighted by molar-refractivity contribution is -0.383. The molecule has 3 heterocycles. The molecule has 0 saturated carbocycles. The third kappa shape index (κ3) is 3.04. The minimum Gasteiger partial charge on any atom is -0.373 e. The van der Waals surface area contributed by atoms with Gasteiger partial charge in [0.2, 0.25) is 0 Å². The van der Waals surface area contributed by atoms with Crippen molar-refractivity contribution in [3.05, 3.63) is 35.9 Å². The van der Waals surface area contributed by atoms with Crippen molar-refractivity contribution in [3.8, 4) is 0 Å². The first-order chi connectivity index (χ1) is 11.3. The van der Waals surface area contributed by atoms with Crippen molar-refractivity contribution in [1.29, 1.82) is 0 Å². The lowest BCUT2D eigenvalue weighted by Crippen LogP contribution is -2.68. The molecule has 0 radical (unpaired) electrons. The van der Waals surface area contributed by atoms with E-state index in [0.29, 0.717) is 26.2 Å². The molecule has 4 rings (SSSR count). The molecule has 0 bridgehead atoms. The second-order valence-corrected chi connectivity index (χ2v) is 6.63. The Hall–Kier alpha value is -0.980. The highest BCUT2D eigenvalue weighted by atomic mass is 16.7. The summed E-state index contributed by atoms with van der Waals surface area (Å²) < 4.78 is 24.0. The van der Waals surface area contributed by atoms with E-state index in [0.717, 1.165) is 24.8 Å². The van der Waals surface area contributed by atoms with Gasteiger partial charge < -0.3 is 24.1 Å². The number of hydrogen-bond donors (Lipinski definition) is 1. The number of benzene rings is 1. The summed E-state index contributed by atoms with van der Waals surface area (Å²) >= 11 is 0. The third-order valence-electron chi connectivity index (χ3n) is 4.99. The van der Waals surface area contributed by atoms with Crippen molar-refractivity contribution in [2.24, 2.45) is 0 Å². The minimum atomic E-state index is -1.25. The van der Waals surface area contributed by atoms with Crippen molar-refractivity contribution in [1.82, 2.24) is 0 Å². The first-order valence-corrected chi connectivity index (χ1v) is 8.55. The van der Waals surface area contributed by atoms with Crippen LogP contribution in [0.15, 0.2) is 30.3 Å². The van der Waals surface area contributed by atoms with E-state index >= 15 is 0 Å². The molecule has 3 saturated heterocycles. The molecule has 0 aromatic heterocycles. The van der Waals surface area contributed by atoms with E-state index in [1.807, 2.05) is 30.3 Å². The van der Waals surface area contributed by atoms with Crippen LogP contribution in [0.1, 0.15) is 31.2 Å². The average molecular weight is 320 g/mol. The molecule has 5 nitrogen and oxygen atoms in total. The number of fused-ring (bicyclic) bond motifs is 2. The Morgan fingerprint density at radius 1 is 1.13 bits per heavy atom. The summed E-state index contributed by atoms with van der Waals surface area (Å²) in [6.07, 6.45) is 2.16. The summed E-state index contributed by atoms with van der Waals surface area (Å²) in [6, 6.07) is 10.0. The summed E-state index contributed by atoms with van der Waals surface area (Å²) in [6.45, 7) is 1.81. The van der Waals surface area contributed by atoms with Crippen molar-refractivity contribution in [3.63, 3.8) is 0 Å². The molecule has 23 heavy (non-hydrogen) atoms. The number of hydrogen-bond acceptors (Lipinski definition) is 5. The van der Waals surface area contributed by atoms with Gasteiger partial charge in [-0.15, -0.1) is 0 Å². The zero-order valence-electron chi connectivity index (χ0n) is 13.2. The molecule has 1 aromatic carbocycles. The van der Waals surface area contributed by atoms with E-state index in [4.69, 9.17) is 18.9 Å². The maximum Gasteiger partial charge on any atom is 0.195 e. The second-order valence-electron chi connectivity index (χ2n) is 6.63. The standard InChI is InChI=1S/C18H24O5/c19-18-9-5-11-21-17(18)16(15-14(23-18)8-4-10-20-15)22-12-13-6-2-1-3-7-13/h1-3,6-7,14-17,19H,4-5,8-12H2/t14-,15-,16+,17+,18?/m0/s1. The van der Waals surface area contributed by atoms with Gasteiger partial charge in [0, 0.05) is 19.6 Å². The average Bonchev–Trinajstić information content (AvgIpc) is 2.59. The molecule has 0 aliphatic carbocycles. The van der Waals surface area contributed by atoms with E-state index in [9.17, 15) is 5.11 Å². The molecule has 0 amide bonds. The molecular formula is C18H24O5. The van der Waals surface area contributed by atoms with Gasteiger partial charge in [-0.25, -0.2) is 0 Å². The lowest BCUT2D eigenvalue weighted by atomic mass is 9.85. The van der Waals surface area contributed by atoms with Crippen LogP contribution < -0.4 is 0 Å². The van der Waals surface area contributed by atoms with E-state index in [1.165, 1.54) is 0 Å². The van der Waals surface area contributed by atoms with Crippen LogP contribution in [0.2, 0.25) is 0 Å². The number of ether oxygens (including phenoxy) is 4. The molecule has 5 heteroatoms. The van der Waals surface area contributed by atoms with Crippen LogP contribution in [0.5, 0.6) is 0 Å². The number of aliphatic hydroxyl groups is 1. The van der Waals surface area contributed by atoms with Gasteiger partial charge >= 0.3 is 0 Å². The van der Waals surface area contributed by atoms with E-state index in [1.54, 1.807) is 0 Å². The fourth-order valence-corrected chi connectivity index (χ4v) is 3.88. The highest BCUT2D eigenvalue weighted by Gasteiger charge is 2.57. The van der Waals surface area contributed by atoms with Crippen LogP contribution in [-0.4, -0.2) is 48.5 Å². The smallest absolute Gasteiger partial charge is 0.195 e. The predicted molar refractivity (Wildman–Crippen MR) is 82.8 cm³/mol. The van der Waals surface area contributed by atoms with Crippen LogP contribution in [0.4, 0.5) is 0 Å². The topological polar surface area (TPSA) is 57.2 Å². The highest BCUT2D eigenvalue weighted by Crippen LogP contribution is 2.41.